The molecule has 0 amide bonds. The standard InChI is InChI=1S/C4H6N3O2/c1-6-3-2-5-4(6)7(8)9/h2,4-5H,1H3. The van der Waals surface area contributed by atoms with Crippen LogP contribution in [0.25, 0.3) is 0 Å². The highest BCUT2D eigenvalue weighted by Gasteiger charge is 2.25. The molecule has 0 saturated carbocycles. The van der Waals surface area contributed by atoms with E-state index in [0.717, 1.165) is 0 Å². The van der Waals surface area contributed by atoms with Crippen molar-refractivity contribution >= 4 is 0 Å². The van der Waals surface area contributed by atoms with Gasteiger partial charge in [0.05, 0.1) is 11.1 Å². The Morgan fingerprint density at radius 3 is 2.89 bits per heavy atom. The molecule has 0 spiro atoms. The lowest BCUT2D eigenvalue weighted by Gasteiger charge is -2.10. The molecule has 9 heavy (non-hydrogen) atoms. The topological polar surface area (TPSA) is 58.4 Å². The first-order chi connectivity index (χ1) is 4.22. The van der Waals surface area contributed by atoms with Crippen molar-refractivity contribution in [1.29, 1.82) is 0 Å². The molecule has 0 aromatic heterocycles. The molecule has 1 N–H and O–H groups in total. The first kappa shape index (κ1) is 5.87. The quantitative estimate of drug-likeness (QED) is 0.377. The lowest BCUT2D eigenvalue weighted by atomic mass is 10.8. The van der Waals surface area contributed by atoms with Gasteiger partial charge >= 0.3 is 6.29 Å². The second kappa shape index (κ2) is 1.93. The summed E-state index contributed by atoms with van der Waals surface area (Å²) in [4.78, 5) is 11.0. The third kappa shape index (κ3) is 0.933. The normalized spacial score (nSPS) is 24.1. The fourth-order valence-electron chi connectivity index (χ4n) is 0.598. The zero-order valence-corrected chi connectivity index (χ0v) is 4.87. The van der Waals surface area contributed by atoms with E-state index < -0.39 is 11.2 Å². The SMILES string of the molecule is CN1[C]=CNC1[N+](=O)[O-]. The minimum atomic E-state index is -0.829. The van der Waals surface area contributed by atoms with E-state index in [1.54, 1.807) is 7.05 Å². The molecule has 0 saturated heterocycles. The Morgan fingerprint density at radius 2 is 2.67 bits per heavy atom. The van der Waals surface area contributed by atoms with Gasteiger partial charge in [0.25, 0.3) is 0 Å². The zero-order valence-electron chi connectivity index (χ0n) is 4.87. The minimum absolute atomic E-state index is 0.420. The van der Waals surface area contributed by atoms with Gasteiger partial charge in [-0.15, -0.1) is 0 Å². The van der Waals surface area contributed by atoms with E-state index in [9.17, 15) is 10.1 Å². The van der Waals surface area contributed by atoms with Gasteiger partial charge in [0, 0.05) is 13.2 Å². The molecule has 5 nitrogen and oxygen atoms in total. The number of hydrogen-bond acceptors (Lipinski definition) is 4. The van der Waals surface area contributed by atoms with Gasteiger partial charge in [-0.2, -0.15) is 0 Å². The number of rotatable bonds is 1. The van der Waals surface area contributed by atoms with E-state index in [2.05, 4.69) is 11.5 Å². The average Bonchev–Trinajstić information content (AvgIpc) is 2.13. The predicted octanol–water partition coefficient (Wildman–Crippen LogP) is -0.644. The van der Waals surface area contributed by atoms with Crippen LogP contribution in [0.2, 0.25) is 0 Å². The van der Waals surface area contributed by atoms with Crippen LogP contribution in [0.15, 0.2) is 6.20 Å². The number of hydrogen-bond donors (Lipinski definition) is 1. The Hall–Kier alpha value is -1.26. The van der Waals surface area contributed by atoms with Crippen LogP contribution < -0.4 is 5.32 Å². The maximum absolute atomic E-state index is 10.1. The van der Waals surface area contributed by atoms with Crippen LogP contribution in [0, 0.1) is 16.3 Å². The summed E-state index contributed by atoms with van der Waals surface area (Å²) in [6.07, 6.45) is 3.20. The van der Waals surface area contributed by atoms with Crippen molar-refractivity contribution in [3.8, 4) is 0 Å². The minimum Gasteiger partial charge on any atom is -0.310 e. The summed E-state index contributed by atoms with van der Waals surface area (Å²) in [5.41, 5.74) is 0. The highest BCUT2D eigenvalue weighted by atomic mass is 16.6. The van der Waals surface area contributed by atoms with Crippen LogP contribution in [-0.4, -0.2) is 23.2 Å². The van der Waals surface area contributed by atoms with Crippen molar-refractivity contribution in [3.63, 3.8) is 0 Å². The Bertz CT molecular complexity index is 156. The summed E-state index contributed by atoms with van der Waals surface area (Å²) in [6, 6.07) is 0. The molecule has 0 aromatic carbocycles. The Morgan fingerprint density at radius 1 is 2.00 bits per heavy atom. The fourth-order valence-corrected chi connectivity index (χ4v) is 0.598. The monoisotopic (exact) mass is 128 g/mol. The van der Waals surface area contributed by atoms with E-state index in [4.69, 9.17) is 0 Å². The van der Waals surface area contributed by atoms with Crippen molar-refractivity contribution in [2.45, 2.75) is 6.29 Å². The molecule has 1 radical (unpaired) electrons. The molecule has 1 rings (SSSR count). The predicted molar refractivity (Wildman–Crippen MR) is 29.5 cm³/mol. The van der Waals surface area contributed by atoms with Crippen LogP contribution in [0.3, 0.4) is 0 Å². The Labute approximate surface area is 52.1 Å². The van der Waals surface area contributed by atoms with Crippen LogP contribution in [-0.2, 0) is 0 Å². The first-order valence-corrected chi connectivity index (χ1v) is 2.42. The molecule has 1 atom stereocenters. The maximum Gasteiger partial charge on any atom is 0.365 e. The second-order valence-corrected chi connectivity index (χ2v) is 1.71. The third-order valence-corrected chi connectivity index (χ3v) is 1.07. The summed E-state index contributed by atoms with van der Waals surface area (Å²) in [5, 5.41) is 12.5. The summed E-state index contributed by atoms with van der Waals surface area (Å²) in [5.74, 6) is 0. The molecule has 5 heteroatoms. The van der Waals surface area contributed by atoms with Crippen LogP contribution >= 0.6 is 0 Å². The molecule has 0 bridgehead atoms. The molecule has 0 aliphatic carbocycles. The van der Waals surface area contributed by atoms with Crippen molar-refractivity contribution in [2.75, 3.05) is 7.05 Å². The number of nitrogens with one attached hydrogen (secondary N) is 1. The molecule has 49 valence electrons. The van der Waals surface area contributed by atoms with Gasteiger partial charge in [-0.25, -0.2) is 0 Å². The summed E-state index contributed by atoms with van der Waals surface area (Å²) < 4.78 is 0. The van der Waals surface area contributed by atoms with Gasteiger partial charge in [-0.1, -0.05) is 0 Å². The molecule has 1 heterocycles. The van der Waals surface area contributed by atoms with Crippen LogP contribution in [0.5, 0.6) is 0 Å². The highest BCUT2D eigenvalue weighted by Crippen LogP contribution is 1.98. The molecule has 1 aliphatic rings. The lowest BCUT2D eigenvalue weighted by molar-refractivity contribution is -0.549. The van der Waals surface area contributed by atoms with Crippen molar-refractivity contribution in [1.82, 2.24) is 10.2 Å². The molecule has 1 aliphatic heterocycles. The number of nitro groups is 1. The number of nitrogens with zero attached hydrogens (tertiary/aromatic N) is 2. The maximum atomic E-state index is 10.1. The summed E-state index contributed by atoms with van der Waals surface area (Å²) in [7, 11) is 1.59. The van der Waals surface area contributed by atoms with Crippen molar-refractivity contribution in [3.05, 3.63) is 22.5 Å². The van der Waals surface area contributed by atoms with Gasteiger partial charge in [-0.05, 0) is 0 Å². The molecule has 0 fully saturated rings. The smallest absolute Gasteiger partial charge is 0.310 e. The Balaban J connectivity index is 2.55. The van der Waals surface area contributed by atoms with Crippen LogP contribution in [0.4, 0.5) is 0 Å². The Kier molecular flexibility index (Phi) is 1.26. The largest absolute Gasteiger partial charge is 0.365 e. The van der Waals surface area contributed by atoms with Crippen molar-refractivity contribution in [2.24, 2.45) is 0 Å². The van der Waals surface area contributed by atoms with Crippen LogP contribution in [0.1, 0.15) is 0 Å². The van der Waals surface area contributed by atoms with E-state index in [-0.39, 0.29) is 0 Å². The zero-order chi connectivity index (χ0) is 6.85. The van der Waals surface area contributed by atoms with Gasteiger partial charge in [0.1, 0.15) is 0 Å². The molecular weight excluding hydrogens is 122 g/mol. The third-order valence-electron chi connectivity index (χ3n) is 1.07. The van der Waals surface area contributed by atoms with E-state index in [0.29, 0.717) is 0 Å². The molecule has 1 unspecified atom stereocenters. The first-order valence-electron chi connectivity index (χ1n) is 2.42. The van der Waals surface area contributed by atoms with Gasteiger partial charge < -0.3 is 5.32 Å². The lowest BCUT2D eigenvalue weighted by Crippen LogP contribution is -2.39. The van der Waals surface area contributed by atoms with E-state index in [1.165, 1.54) is 11.1 Å². The molecule has 0 aromatic rings. The van der Waals surface area contributed by atoms with Crippen molar-refractivity contribution < 1.29 is 4.92 Å². The average molecular weight is 128 g/mol. The van der Waals surface area contributed by atoms with E-state index in [1.807, 2.05) is 0 Å². The van der Waals surface area contributed by atoms with Gasteiger partial charge in [0.15, 0.2) is 0 Å². The summed E-state index contributed by atoms with van der Waals surface area (Å²) in [6.45, 7) is 0. The summed E-state index contributed by atoms with van der Waals surface area (Å²) >= 11 is 0. The van der Waals surface area contributed by atoms with E-state index >= 15 is 0 Å². The second-order valence-electron chi connectivity index (χ2n) is 1.71. The fraction of sp³-hybridized carbons (Fsp3) is 0.500. The van der Waals surface area contributed by atoms with Gasteiger partial charge in [-0.3, -0.25) is 15.0 Å². The highest BCUT2D eigenvalue weighted by molar-refractivity contribution is 4.80. The van der Waals surface area contributed by atoms with Gasteiger partial charge in [0.2, 0.25) is 0 Å². The molecular formula is C4H6N3O2.